The lowest BCUT2D eigenvalue weighted by molar-refractivity contribution is -0.143. The lowest BCUT2D eigenvalue weighted by Gasteiger charge is -2.62. The molecule has 4 heteroatoms. The van der Waals surface area contributed by atoms with Crippen LogP contribution in [0.3, 0.4) is 0 Å². The first-order chi connectivity index (χ1) is 17.1. The van der Waals surface area contributed by atoms with E-state index in [9.17, 15) is 14.4 Å². The van der Waals surface area contributed by atoms with Crippen LogP contribution in [0.1, 0.15) is 107 Å². The van der Waals surface area contributed by atoms with E-state index < -0.39 is 5.41 Å². The van der Waals surface area contributed by atoms with Crippen LogP contribution >= 0.6 is 0 Å². The average molecular weight is 511 g/mol. The lowest BCUT2D eigenvalue weighted by Crippen LogP contribution is -2.56. The maximum Gasteiger partial charge on any atom is 0.309 e. The SMILES string of the molecule is C[C@@H]1C[C@H]2C(=O)C=C3C(CC[C@]4(C)[C@@H](C(C)(C)C(=O)C[C@H]5[C@H](C)C(=O)O[C@@H]5C)CC[C@@]34C)[C@@]2(C)C[C@@H]1C. The fourth-order valence-electron chi connectivity index (χ4n) is 10.4. The summed E-state index contributed by atoms with van der Waals surface area (Å²) in [6, 6.07) is 0. The zero-order valence-corrected chi connectivity index (χ0v) is 24.8. The molecule has 5 aliphatic rings. The first-order valence-corrected chi connectivity index (χ1v) is 15.1. The van der Waals surface area contributed by atoms with Crippen LogP contribution in [0, 0.1) is 63.1 Å². The van der Waals surface area contributed by atoms with Crippen molar-refractivity contribution < 1.29 is 19.1 Å². The molecule has 5 rings (SSSR count). The molecule has 0 aromatic carbocycles. The quantitative estimate of drug-likeness (QED) is 0.375. The van der Waals surface area contributed by atoms with Gasteiger partial charge in [-0.3, -0.25) is 14.4 Å². The van der Waals surface area contributed by atoms with Crippen molar-refractivity contribution >= 4 is 17.5 Å². The molecule has 0 radical (unpaired) electrons. The van der Waals surface area contributed by atoms with Crippen molar-refractivity contribution in [3.8, 4) is 0 Å². The normalized spacial score (nSPS) is 49.6. The Kier molecular flexibility index (Phi) is 6.25. The van der Waals surface area contributed by atoms with E-state index in [-0.39, 0.29) is 57.8 Å². The third-order valence-electron chi connectivity index (χ3n) is 13.4. The molecule has 0 bridgehead atoms. The minimum Gasteiger partial charge on any atom is -0.462 e. The summed E-state index contributed by atoms with van der Waals surface area (Å²) in [5.74, 6) is 2.36. The van der Waals surface area contributed by atoms with E-state index in [4.69, 9.17) is 4.74 Å². The Morgan fingerprint density at radius 1 is 1.00 bits per heavy atom. The van der Waals surface area contributed by atoms with Gasteiger partial charge in [0.15, 0.2) is 5.78 Å². The predicted molar refractivity (Wildman–Crippen MR) is 146 cm³/mol. The standard InChI is InChI=1S/C33H50O4/c1-18-14-25-26(34)16-24-23(31(25,7)17-19(18)2)10-12-33(9)27(11-13-32(24,33)8)30(5,6)28(35)15-22-20(3)29(36)37-21(22)4/h16,18-23,25,27H,10-15,17H2,1-9H3/t18-,19+,20+,21-,22+,23?,25+,27-,31-,32+,33-/m1/s1. The Bertz CT molecular complexity index is 1040. The predicted octanol–water partition coefficient (Wildman–Crippen LogP) is 7.20. The molecule has 0 N–H and O–H groups in total. The largest absolute Gasteiger partial charge is 0.462 e. The number of rotatable bonds is 4. The van der Waals surface area contributed by atoms with Gasteiger partial charge in [-0.15, -0.1) is 0 Å². The third kappa shape index (κ3) is 3.62. The topological polar surface area (TPSA) is 60.4 Å². The molecular weight excluding hydrogens is 460 g/mol. The monoisotopic (exact) mass is 510 g/mol. The Balaban J connectivity index is 1.45. The van der Waals surface area contributed by atoms with Gasteiger partial charge in [0, 0.05) is 23.7 Å². The Morgan fingerprint density at radius 3 is 2.30 bits per heavy atom. The highest BCUT2D eigenvalue weighted by atomic mass is 16.6. The Morgan fingerprint density at radius 2 is 1.68 bits per heavy atom. The number of carbonyl (C=O) groups excluding carboxylic acids is 3. The van der Waals surface area contributed by atoms with Crippen molar-refractivity contribution in [1.29, 1.82) is 0 Å². The van der Waals surface area contributed by atoms with E-state index >= 15 is 0 Å². The summed E-state index contributed by atoms with van der Waals surface area (Å²) in [6.07, 6.45) is 8.78. The lowest BCUT2D eigenvalue weighted by atomic mass is 9.42. The zero-order chi connectivity index (χ0) is 27.3. The summed E-state index contributed by atoms with van der Waals surface area (Å²) in [5.41, 5.74) is 0.911. The van der Waals surface area contributed by atoms with Crippen LogP contribution in [0.15, 0.2) is 11.6 Å². The van der Waals surface area contributed by atoms with Crippen molar-refractivity contribution in [2.45, 2.75) is 113 Å². The first kappa shape index (κ1) is 27.1. The number of ether oxygens (including phenoxy) is 1. The van der Waals surface area contributed by atoms with Gasteiger partial charge in [0.1, 0.15) is 11.9 Å². The average Bonchev–Trinajstić information content (AvgIpc) is 3.23. The Hall–Kier alpha value is -1.45. The minimum absolute atomic E-state index is 0.0230. The maximum atomic E-state index is 13.9. The summed E-state index contributed by atoms with van der Waals surface area (Å²) in [6.45, 7) is 20.1. The molecule has 1 unspecified atom stereocenters. The summed E-state index contributed by atoms with van der Waals surface area (Å²) in [5, 5.41) is 0. The molecule has 206 valence electrons. The molecule has 4 aliphatic carbocycles. The van der Waals surface area contributed by atoms with Crippen LogP contribution < -0.4 is 0 Å². The molecule has 0 spiro atoms. The van der Waals surface area contributed by atoms with E-state index in [1.807, 2.05) is 13.8 Å². The third-order valence-corrected chi connectivity index (χ3v) is 13.4. The van der Waals surface area contributed by atoms with Gasteiger partial charge >= 0.3 is 5.97 Å². The maximum absolute atomic E-state index is 13.9. The molecular formula is C33H50O4. The molecule has 1 heterocycles. The van der Waals surface area contributed by atoms with Gasteiger partial charge in [0.25, 0.3) is 0 Å². The van der Waals surface area contributed by atoms with Crippen molar-refractivity contribution in [1.82, 2.24) is 0 Å². The van der Waals surface area contributed by atoms with Crippen molar-refractivity contribution in [2.24, 2.45) is 63.1 Å². The number of ketones is 2. The summed E-state index contributed by atoms with van der Waals surface area (Å²) in [7, 11) is 0. The number of cyclic esters (lactones) is 1. The summed E-state index contributed by atoms with van der Waals surface area (Å²) < 4.78 is 5.45. The van der Waals surface area contributed by atoms with E-state index in [1.165, 1.54) is 5.57 Å². The summed E-state index contributed by atoms with van der Waals surface area (Å²) in [4.78, 5) is 39.7. The summed E-state index contributed by atoms with van der Waals surface area (Å²) >= 11 is 0. The van der Waals surface area contributed by atoms with Crippen LogP contribution in [0.5, 0.6) is 0 Å². The number of allylic oxidation sites excluding steroid dienone is 2. The number of hydrogen-bond donors (Lipinski definition) is 0. The van der Waals surface area contributed by atoms with Crippen LogP contribution in [-0.4, -0.2) is 23.6 Å². The van der Waals surface area contributed by atoms with Gasteiger partial charge in [-0.1, -0.05) is 61.0 Å². The fourth-order valence-corrected chi connectivity index (χ4v) is 10.4. The Labute approximate surface area is 224 Å². The van der Waals surface area contributed by atoms with E-state index in [1.54, 1.807) is 0 Å². The highest BCUT2D eigenvalue weighted by Crippen LogP contribution is 2.73. The van der Waals surface area contributed by atoms with Crippen molar-refractivity contribution in [2.75, 3.05) is 0 Å². The van der Waals surface area contributed by atoms with E-state index in [2.05, 4.69) is 54.5 Å². The van der Waals surface area contributed by atoms with Gasteiger partial charge in [-0.2, -0.15) is 0 Å². The molecule has 4 nitrogen and oxygen atoms in total. The number of hydrogen-bond acceptors (Lipinski definition) is 4. The van der Waals surface area contributed by atoms with Crippen molar-refractivity contribution in [3.05, 3.63) is 11.6 Å². The van der Waals surface area contributed by atoms with Crippen LogP contribution in [0.2, 0.25) is 0 Å². The zero-order valence-electron chi connectivity index (χ0n) is 24.8. The smallest absolute Gasteiger partial charge is 0.309 e. The molecule has 0 aromatic rings. The van der Waals surface area contributed by atoms with Gasteiger partial charge in [0.2, 0.25) is 0 Å². The van der Waals surface area contributed by atoms with E-state index in [0.717, 1.165) is 38.5 Å². The molecule has 0 aromatic heterocycles. The molecule has 1 aliphatic heterocycles. The van der Waals surface area contributed by atoms with Crippen LogP contribution in [0.25, 0.3) is 0 Å². The molecule has 4 fully saturated rings. The number of esters is 1. The van der Waals surface area contributed by atoms with Gasteiger partial charge in [0.05, 0.1) is 5.92 Å². The van der Waals surface area contributed by atoms with Gasteiger partial charge in [-0.25, -0.2) is 0 Å². The second-order valence-corrected chi connectivity index (χ2v) is 15.3. The van der Waals surface area contributed by atoms with E-state index in [0.29, 0.717) is 30.0 Å². The van der Waals surface area contributed by atoms with Gasteiger partial charge < -0.3 is 4.74 Å². The van der Waals surface area contributed by atoms with Crippen LogP contribution in [0.4, 0.5) is 0 Å². The van der Waals surface area contributed by atoms with Crippen LogP contribution in [-0.2, 0) is 19.1 Å². The number of Topliss-reactive ketones (excluding diaryl/α,β-unsaturated/α-hetero) is 1. The van der Waals surface area contributed by atoms with Gasteiger partial charge in [-0.05, 0) is 91.4 Å². The second kappa shape index (κ2) is 8.52. The highest BCUT2D eigenvalue weighted by molar-refractivity contribution is 5.95. The molecule has 3 saturated carbocycles. The first-order valence-electron chi connectivity index (χ1n) is 15.1. The minimum atomic E-state index is -0.481. The molecule has 1 saturated heterocycles. The van der Waals surface area contributed by atoms with Crippen molar-refractivity contribution in [3.63, 3.8) is 0 Å². The molecule has 37 heavy (non-hydrogen) atoms. The fraction of sp³-hybridized carbons (Fsp3) is 0.848. The second-order valence-electron chi connectivity index (χ2n) is 15.3. The highest BCUT2D eigenvalue weighted by Gasteiger charge is 2.67. The molecule has 11 atom stereocenters. The molecule has 0 amide bonds. The number of fused-ring (bicyclic) bond motifs is 5. The number of carbonyl (C=O) groups is 3.